The molecule has 2 aromatic rings. The van der Waals surface area contributed by atoms with Gasteiger partial charge in [-0.25, -0.2) is 9.59 Å². The number of thiophene rings is 1. The number of amides is 2. The third-order valence-electron chi connectivity index (χ3n) is 4.13. The number of carbonyl (C=O) groups is 4. The average Bonchev–Trinajstić information content (AvgIpc) is 3.03. The molecule has 1 aliphatic heterocycles. The minimum atomic E-state index is -1.71. The van der Waals surface area contributed by atoms with Crippen LogP contribution in [0.5, 0.6) is 0 Å². The van der Waals surface area contributed by atoms with Crippen LogP contribution in [0, 0.1) is 0 Å². The maximum absolute atomic E-state index is 12.1. The molecule has 3 rings (SSSR count). The number of carboxylic acid groups (broad SMARTS) is 2. The van der Waals surface area contributed by atoms with E-state index in [1.165, 1.54) is 0 Å². The first-order valence-corrected chi connectivity index (χ1v) is 9.05. The van der Waals surface area contributed by atoms with Crippen molar-refractivity contribution in [1.29, 1.82) is 0 Å². The van der Waals surface area contributed by atoms with Crippen molar-refractivity contribution < 1.29 is 34.1 Å². The highest BCUT2D eigenvalue weighted by Gasteiger charge is 2.31. The summed E-state index contributed by atoms with van der Waals surface area (Å²) in [5, 5.41) is 23.0. The van der Waals surface area contributed by atoms with Crippen LogP contribution in [0.2, 0.25) is 0 Å². The Morgan fingerprint density at radius 1 is 1.14 bits per heavy atom. The van der Waals surface area contributed by atoms with E-state index in [1.54, 1.807) is 30.3 Å². The molecular formula is C18H16N2O7S. The number of rotatable bonds is 5. The van der Waals surface area contributed by atoms with E-state index in [-0.39, 0.29) is 36.0 Å². The van der Waals surface area contributed by atoms with Gasteiger partial charge < -0.3 is 25.6 Å². The summed E-state index contributed by atoms with van der Waals surface area (Å²) in [7, 11) is 0. The number of aromatic carboxylic acids is 1. The fourth-order valence-electron chi connectivity index (χ4n) is 2.82. The molecule has 1 aromatic heterocycles. The van der Waals surface area contributed by atoms with Gasteiger partial charge in [-0.05, 0) is 17.7 Å². The SMILES string of the molecule is O=C(O)C(=O)Nc1sc2c(c1C(=O)O)CC(CNC(=O)c1ccccc1)OC2. The zero-order valence-corrected chi connectivity index (χ0v) is 15.2. The highest BCUT2D eigenvalue weighted by molar-refractivity contribution is 7.17. The van der Waals surface area contributed by atoms with Crippen LogP contribution in [0.4, 0.5) is 5.00 Å². The van der Waals surface area contributed by atoms with Crippen molar-refractivity contribution in [2.24, 2.45) is 0 Å². The molecule has 0 spiro atoms. The van der Waals surface area contributed by atoms with E-state index in [0.29, 0.717) is 16.0 Å². The molecule has 0 radical (unpaired) electrons. The highest BCUT2D eigenvalue weighted by atomic mass is 32.1. The van der Waals surface area contributed by atoms with Crippen molar-refractivity contribution in [2.45, 2.75) is 19.1 Å². The number of nitrogens with one attached hydrogen (secondary N) is 2. The second kappa shape index (κ2) is 8.19. The number of hydrogen-bond acceptors (Lipinski definition) is 6. The average molecular weight is 404 g/mol. The minimum absolute atomic E-state index is 0.0394. The summed E-state index contributed by atoms with van der Waals surface area (Å²) in [4.78, 5) is 46.5. The largest absolute Gasteiger partial charge is 0.478 e. The Bertz CT molecular complexity index is 939. The topological polar surface area (TPSA) is 142 Å². The highest BCUT2D eigenvalue weighted by Crippen LogP contribution is 2.37. The van der Waals surface area contributed by atoms with Crippen LogP contribution in [0.3, 0.4) is 0 Å². The van der Waals surface area contributed by atoms with Crippen molar-refractivity contribution in [2.75, 3.05) is 11.9 Å². The Hall–Kier alpha value is -3.24. The molecule has 0 bridgehead atoms. The van der Waals surface area contributed by atoms with Crippen LogP contribution < -0.4 is 10.6 Å². The zero-order chi connectivity index (χ0) is 20.3. The summed E-state index contributed by atoms with van der Waals surface area (Å²) in [6.45, 7) is 0.286. The molecule has 0 saturated carbocycles. The number of aliphatic carboxylic acids is 1. The van der Waals surface area contributed by atoms with Crippen LogP contribution >= 0.6 is 11.3 Å². The molecule has 4 N–H and O–H groups in total. The van der Waals surface area contributed by atoms with Gasteiger partial charge in [-0.3, -0.25) is 9.59 Å². The van der Waals surface area contributed by atoms with Crippen LogP contribution in [-0.4, -0.2) is 46.6 Å². The summed E-state index contributed by atoms with van der Waals surface area (Å²) >= 11 is 0.971. The van der Waals surface area contributed by atoms with Gasteiger partial charge in [-0.2, -0.15) is 0 Å². The van der Waals surface area contributed by atoms with E-state index in [2.05, 4.69) is 10.6 Å². The van der Waals surface area contributed by atoms with Gasteiger partial charge in [-0.1, -0.05) is 18.2 Å². The van der Waals surface area contributed by atoms with Gasteiger partial charge in [-0.15, -0.1) is 11.3 Å². The Morgan fingerprint density at radius 3 is 2.50 bits per heavy atom. The van der Waals surface area contributed by atoms with E-state index in [9.17, 15) is 24.3 Å². The Balaban J connectivity index is 1.72. The lowest BCUT2D eigenvalue weighted by molar-refractivity contribution is -0.147. The quantitative estimate of drug-likeness (QED) is 0.551. The predicted molar refractivity (Wildman–Crippen MR) is 98.6 cm³/mol. The fourth-order valence-corrected chi connectivity index (χ4v) is 3.96. The molecule has 2 amide bonds. The Labute approximate surface area is 162 Å². The van der Waals surface area contributed by atoms with E-state index < -0.39 is 23.9 Å². The molecule has 0 aliphatic carbocycles. The monoisotopic (exact) mass is 404 g/mol. The van der Waals surface area contributed by atoms with Crippen molar-refractivity contribution in [3.05, 3.63) is 51.9 Å². The molecule has 10 heteroatoms. The summed E-state index contributed by atoms with van der Waals surface area (Å²) in [6, 6.07) is 8.64. The summed E-state index contributed by atoms with van der Waals surface area (Å²) in [5.41, 5.74) is 0.833. The number of carboxylic acids is 2. The lowest BCUT2D eigenvalue weighted by Crippen LogP contribution is -2.36. The summed E-state index contributed by atoms with van der Waals surface area (Å²) in [5.74, 6) is -4.56. The lowest BCUT2D eigenvalue weighted by atomic mass is 10.0. The lowest BCUT2D eigenvalue weighted by Gasteiger charge is -2.23. The molecule has 1 aliphatic rings. The molecule has 9 nitrogen and oxygen atoms in total. The van der Waals surface area contributed by atoms with Gasteiger partial charge in [0.2, 0.25) is 0 Å². The predicted octanol–water partition coefficient (Wildman–Crippen LogP) is 1.34. The van der Waals surface area contributed by atoms with E-state index in [1.807, 2.05) is 0 Å². The standard InChI is InChI=1S/C18H16N2O7S/c21-14(9-4-2-1-3-5-9)19-7-10-6-11-12(8-27-10)28-16(13(11)17(23)24)20-15(22)18(25)26/h1-5,10H,6-8H2,(H,19,21)(H,20,22)(H,23,24)(H,25,26). The molecule has 2 heterocycles. The second-order valence-electron chi connectivity index (χ2n) is 5.99. The third kappa shape index (κ3) is 4.18. The molecule has 0 saturated heterocycles. The minimum Gasteiger partial charge on any atom is -0.478 e. The summed E-state index contributed by atoms with van der Waals surface area (Å²) < 4.78 is 5.66. The number of anilines is 1. The van der Waals surface area contributed by atoms with Gasteiger partial charge in [0.1, 0.15) is 5.00 Å². The van der Waals surface area contributed by atoms with Crippen LogP contribution in [0.15, 0.2) is 30.3 Å². The maximum atomic E-state index is 12.1. The van der Waals surface area contributed by atoms with E-state index >= 15 is 0 Å². The number of carbonyl (C=O) groups excluding carboxylic acids is 2. The Morgan fingerprint density at radius 2 is 1.86 bits per heavy atom. The Kier molecular flexibility index (Phi) is 5.71. The molecule has 1 unspecified atom stereocenters. The van der Waals surface area contributed by atoms with Crippen LogP contribution in [-0.2, 0) is 27.4 Å². The van der Waals surface area contributed by atoms with Crippen molar-refractivity contribution in [3.63, 3.8) is 0 Å². The van der Waals surface area contributed by atoms with Gasteiger partial charge >= 0.3 is 17.8 Å². The number of hydrogen-bond donors (Lipinski definition) is 4. The van der Waals surface area contributed by atoms with Crippen molar-refractivity contribution >= 4 is 40.1 Å². The maximum Gasteiger partial charge on any atom is 0.394 e. The van der Waals surface area contributed by atoms with E-state index in [4.69, 9.17) is 9.84 Å². The zero-order valence-electron chi connectivity index (χ0n) is 14.4. The van der Waals surface area contributed by atoms with E-state index in [0.717, 1.165) is 11.3 Å². The summed E-state index contributed by atoms with van der Waals surface area (Å²) in [6.07, 6.45) is -0.234. The number of fused-ring (bicyclic) bond motifs is 1. The molecule has 28 heavy (non-hydrogen) atoms. The first kappa shape index (κ1) is 19.5. The molecule has 1 atom stereocenters. The van der Waals surface area contributed by atoms with Crippen molar-refractivity contribution in [3.8, 4) is 0 Å². The van der Waals surface area contributed by atoms with Gasteiger partial charge in [0.05, 0.1) is 18.3 Å². The van der Waals surface area contributed by atoms with Crippen LogP contribution in [0.1, 0.15) is 31.2 Å². The van der Waals surface area contributed by atoms with Gasteiger partial charge in [0.25, 0.3) is 5.91 Å². The number of benzene rings is 1. The fraction of sp³-hybridized carbons (Fsp3) is 0.222. The molecule has 146 valence electrons. The first-order valence-electron chi connectivity index (χ1n) is 8.23. The second-order valence-corrected chi connectivity index (χ2v) is 7.09. The molecule has 1 aromatic carbocycles. The molecular weight excluding hydrogens is 388 g/mol. The smallest absolute Gasteiger partial charge is 0.394 e. The normalized spacial score (nSPS) is 15.4. The van der Waals surface area contributed by atoms with Crippen LogP contribution in [0.25, 0.3) is 0 Å². The first-order chi connectivity index (χ1) is 13.4. The molecule has 0 fully saturated rings. The van der Waals surface area contributed by atoms with Crippen molar-refractivity contribution in [1.82, 2.24) is 5.32 Å². The van der Waals surface area contributed by atoms with Gasteiger partial charge in [0.15, 0.2) is 0 Å². The third-order valence-corrected chi connectivity index (χ3v) is 5.26. The van der Waals surface area contributed by atoms with Gasteiger partial charge in [0, 0.05) is 23.4 Å². The number of ether oxygens (including phenoxy) is 1.